The number of hydrogen-bond donors (Lipinski definition) is 3. The Kier molecular flexibility index (Phi) is 7.10. The van der Waals surface area contributed by atoms with Crippen molar-refractivity contribution in [3.8, 4) is 0 Å². The Morgan fingerprint density at radius 2 is 1.12 bits per heavy atom. The molecular formula is C12H15Cl3O10. The molecule has 3 unspecified atom stereocenters. The van der Waals surface area contributed by atoms with Gasteiger partial charge in [-0.05, 0) is 13.8 Å². The zero-order valence-electron chi connectivity index (χ0n) is 13.3. The van der Waals surface area contributed by atoms with E-state index < -0.39 is 44.8 Å². The van der Waals surface area contributed by atoms with Gasteiger partial charge >= 0.3 is 29.7 Å². The largest absolute Gasteiger partial charge is 0.478 e. The number of hydrogen-bond acceptors (Lipinski definition) is 7. The molecule has 0 aromatic rings. The highest BCUT2D eigenvalue weighted by atomic mass is 35.5. The summed E-state index contributed by atoms with van der Waals surface area (Å²) in [6.07, 6.45) is 0. The average molecular weight is 426 g/mol. The molecule has 0 rings (SSSR count). The number of carbonyl (C=O) groups excluding carboxylic acids is 1. The second-order valence-electron chi connectivity index (χ2n) is 5.21. The minimum atomic E-state index is -2.96. The van der Waals surface area contributed by atoms with Gasteiger partial charge in [0.25, 0.3) is 5.79 Å². The van der Waals surface area contributed by atoms with E-state index >= 15 is 0 Å². The van der Waals surface area contributed by atoms with Gasteiger partial charge in [0.2, 0.25) is 9.39 Å². The highest BCUT2D eigenvalue weighted by molar-refractivity contribution is 6.57. The number of halogens is 3. The third-order valence-corrected chi connectivity index (χ3v) is 3.13. The Labute approximate surface area is 156 Å². The fourth-order valence-corrected chi connectivity index (χ4v) is 1.49. The van der Waals surface area contributed by atoms with E-state index in [2.05, 4.69) is 9.47 Å². The SMILES string of the molecule is CC(Cl)(Cl)C(=O)OC(C)(OC(C)(OC(C)(Cl)C(=O)O)C(=O)O)C(=O)O. The summed E-state index contributed by atoms with van der Waals surface area (Å²) >= 11 is 16.5. The number of ether oxygens (including phenoxy) is 3. The van der Waals surface area contributed by atoms with E-state index in [9.17, 15) is 29.4 Å². The molecule has 0 aliphatic rings. The second-order valence-corrected chi connectivity index (χ2v) is 7.63. The molecule has 0 bridgehead atoms. The number of esters is 1. The minimum absolute atomic E-state index is 0.656. The van der Waals surface area contributed by atoms with Crippen LogP contribution in [-0.4, -0.2) is 60.2 Å². The molecule has 0 fully saturated rings. The molecule has 0 saturated carbocycles. The lowest BCUT2D eigenvalue weighted by atomic mass is 10.2. The number of alkyl halides is 3. The molecule has 0 heterocycles. The highest BCUT2D eigenvalue weighted by Crippen LogP contribution is 2.33. The maximum atomic E-state index is 11.7. The van der Waals surface area contributed by atoms with Crippen LogP contribution in [0.3, 0.4) is 0 Å². The molecular weight excluding hydrogens is 410 g/mol. The van der Waals surface area contributed by atoms with Gasteiger partial charge in [-0.1, -0.05) is 34.8 Å². The normalized spacial score (nSPS) is 19.0. The Balaban J connectivity index is 5.83. The fourth-order valence-electron chi connectivity index (χ4n) is 1.26. The summed E-state index contributed by atoms with van der Waals surface area (Å²) in [5.74, 6) is -13.1. The Bertz CT molecular complexity index is 584. The van der Waals surface area contributed by atoms with E-state index in [0.717, 1.165) is 13.8 Å². The van der Waals surface area contributed by atoms with Gasteiger partial charge in [-0.15, -0.1) is 0 Å². The lowest BCUT2D eigenvalue weighted by Crippen LogP contribution is -2.57. The number of carboxylic acids is 3. The predicted octanol–water partition coefficient (Wildman–Crippen LogP) is 1.40. The van der Waals surface area contributed by atoms with Crippen molar-refractivity contribution in [3.63, 3.8) is 0 Å². The van der Waals surface area contributed by atoms with Crippen LogP contribution in [0.4, 0.5) is 0 Å². The summed E-state index contributed by atoms with van der Waals surface area (Å²) in [7, 11) is 0. The molecule has 0 aromatic heterocycles. The zero-order valence-corrected chi connectivity index (χ0v) is 15.6. The Hall–Kier alpha value is -1.33. The Morgan fingerprint density at radius 3 is 1.40 bits per heavy atom. The van der Waals surface area contributed by atoms with Crippen molar-refractivity contribution in [1.82, 2.24) is 0 Å². The van der Waals surface area contributed by atoms with E-state index in [1.807, 2.05) is 0 Å². The van der Waals surface area contributed by atoms with Crippen LogP contribution in [0.15, 0.2) is 0 Å². The first-order valence-electron chi connectivity index (χ1n) is 6.28. The minimum Gasteiger partial charge on any atom is -0.478 e. The molecule has 0 aliphatic carbocycles. The molecule has 0 saturated heterocycles. The van der Waals surface area contributed by atoms with E-state index in [4.69, 9.17) is 44.6 Å². The van der Waals surface area contributed by atoms with Crippen molar-refractivity contribution >= 4 is 58.7 Å². The van der Waals surface area contributed by atoms with Crippen LogP contribution in [0.5, 0.6) is 0 Å². The number of rotatable bonds is 9. The first-order valence-corrected chi connectivity index (χ1v) is 7.41. The van der Waals surface area contributed by atoms with Gasteiger partial charge in [-0.25, -0.2) is 19.2 Å². The van der Waals surface area contributed by atoms with E-state index in [-0.39, 0.29) is 0 Å². The molecule has 144 valence electrons. The molecule has 25 heavy (non-hydrogen) atoms. The molecule has 0 aromatic carbocycles. The van der Waals surface area contributed by atoms with Gasteiger partial charge in [0.05, 0.1) is 0 Å². The number of aliphatic carboxylic acids is 3. The second kappa shape index (κ2) is 7.50. The summed E-state index contributed by atoms with van der Waals surface area (Å²) in [5, 5.41) is 24.7. The zero-order chi connectivity index (χ0) is 20.4. The maximum absolute atomic E-state index is 11.7. The van der Waals surface area contributed by atoms with Gasteiger partial charge < -0.3 is 24.8 Å². The van der Waals surface area contributed by atoms with Crippen LogP contribution in [0.25, 0.3) is 0 Å². The number of carboxylic acid groups (broad SMARTS) is 3. The summed E-state index contributed by atoms with van der Waals surface area (Å²) in [4.78, 5) is 45.5. The van der Waals surface area contributed by atoms with Gasteiger partial charge in [-0.3, -0.25) is 4.74 Å². The van der Waals surface area contributed by atoms with Crippen LogP contribution >= 0.6 is 34.8 Å². The van der Waals surface area contributed by atoms with E-state index in [0.29, 0.717) is 13.8 Å². The Morgan fingerprint density at radius 1 is 0.720 bits per heavy atom. The number of carbonyl (C=O) groups is 4. The third kappa shape index (κ3) is 6.15. The maximum Gasteiger partial charge on any atom is 0.377 e. The lowest BCUT2D eigenvalue weighted by Gasteiger charge is -2.37. The van der Waals surface area contributed by atoms with Crippen molar-refractivity contribution in [2.75, 3.05) is 0 Å². The average Bonchev–Trinajstić information content (AvgIpc) is 2.35. The molecule has 0 amide bonds. The molecule has 3 N–H and O–H groups in total. The first-order chi connectivity index (χ1) is 10.9. The molecule has 13 heteroatoms. The van der Waals surface area contributed by atoms with Gasteiger partial charge in [0, 0.05) is 13.8 Å². The molecule has 0 radical (unpaired) electrons. The van der Waals surface area contributed by atoms with Crippen LogP contribution in [0.2, 0.25) is 0 Å². The van der Waals surface area contributed by atoms with E-state index in [1.54, 1.807) is 0 Å². The van der Waals surface area contributed by atoms with Crippen LogP contribution < -0.4 is 0 Å². The van der Waals surface area contributed by atoms with Crippen molar-refractivity contribution in [3.05, 3.63) is 0 Å². The highest BCUT2D eigenvalue weighted by Gasteiger charge is 2.55. The first kappa shape index (κ1) is 23.7. The molecule has 0 aliphatic heterocycles. The van der Waals surface area contributed by atoms with E-state index in [1.165, 1.54) is 0 Å². The lowest BCUT2D eigenvalue weighted by molar-refractivity contribution is -0.332. The van der Waals surface area contributed by atoms with Crippen LogP contribution in [-0.2, 0) is 33.4 Å². The molecule has 3 atom stereocenters. The standard InChI is InChI=1S/C12H15Cl3O10/c1-9(13,14)8(22)23-11(3,6(18)19)25-12(4,7(20)21)24-10(2,15)5(16)17/h1-4H3,(H,16,17)(H,18,19)(H,20,21). The monoisotopic (exact) mass is 424 g/mol. The van der Waals surface area contributed by atoms with Crippen molar-refractivity contribution in [2.24, 2.45) is 0 Å². The molecule has 0 spiro atoms. The quantitative estimate of drug-likeness (QED) is 0.280. The fraction of sp³-hybridized carbons (Fsp3) is 0.667. The summed E-state index contributed by atoms with van der Waals surface area (Å²) < 4.78 is 11.8. The van der Waals surface area contributed by atoms with Crippen molar-refractivity contribution in [2.45, 2.75) is 48.7 Å². The smallest absolute Gasteiger partial charge is 0.377 e. The predicted molar refractivity (Wildman–Crippen MR) is 82.3 cm³/mol. The third-order valence-electron chi connectivity index (χ3n) is 2.58. The summed E-state index contributed by atoms with van der Waals surface area (Å²) in [6.45, 7) is 3.06. The molecule has 10 nitrogen and oxygen atoms in total. The van der Waals surface area contributed by atoms with Gasteiger partial charge in [-0.2, -0.15) is 0 Å². The van der Waals surface area contributed by atoms with Crippen LogP contribution in [0.1, 0.15) is 27.7 Å². The van der Waals surface area contributed by atoms with Crippen molar-refractivity contribution < 1.29 is 48.7 Å². The van der Waals surface area contributed by atoms with Gasteiger partial charge in [0.1, 0.15) is 0 Å². The summed E-state index contributed by atoms with van der Waals surface area (Å²) in [5.41, 5.74) is 0. The topological polar surface area (TPSA) is 157 Å². The van der Waals surface area contributed by atoms with Gasteiger partial charge in [0.15, 0.2) is 0 Å². The summed E-state index contributed by atoms with van der Waals surface area (Å²) in [6, 6.07) is 0. The van der Waals surface area contributed by atoms with Crippen LogP contribution in [0, 0.1) is 0 Å². The van der Waals surface area contributed by atoms with Crippen molar-refractivity contribution in [1.29, 1.82) is 0 Å².